The molecule has 0 aliphatic rings. The highest BCUT2D eigenvalue weighted by molar-refractivity contribution is 6.31. The number of hydrogen-bond donors (Lipinski definition) is 1. The van der Waals surface area contributed by atoms with Gasteiger partial charge in [-0.05, 0) is 60.7 Å². The minimum atomic E-state index is 0.731. The monoisotopic (exact) mass is 316 g/mol. The Bertz CT molecular complexity index is 643. The van der Waals surface area contributed by atoms with E-state index in [9.17, 15) is 0 Å². The summed E-state index contributed by atoms with van der Waals surface area (Å²) in [6.07, 6.45) is 1.93. The third kappa shape index (κ3) is 3.41. The van der Waals surface area contributed by atoms with Crippen LogP contribution in [-0.2, 0) is 6.54 Å². The van der Waals surface area contributed by atoms with E-state index in [1.54, 1.807) is 0 Å². The standard InChI is InChI=1S/C17H14Cl2N2/c18-13-3-7-16(8-4-13)21(12-15-2-1-11-20-15)17-9-5-14(19)6-10-17/h1-11,20H,12H2. The molecule has 0 amide bonds. The molecule has 0 saturated heterocycles. The maximum absolute atomic E-state index is 5.98. The smallest absolute Gasteiger partial charge is 0.0632 e. The summed E-state index contributed by atoms with van der Waals surface area (Å²) in [7, 11) is 0. The van der Waals surface area contributed by atoms with Crippen molar-refractivity contribution in [3.05, 3.63) is 82.6 Å². The second-order valence-corrected chi connectivity index (χ2v) is 5.61. The Balaban J connectivity index is 1.97. The number of aromatic nitrogens is 1. The van der Waals surface area contributed by atoms with Crippen LogP contribution in [-0.4, -0.2) is 4.98 Å². The number of nitrogens with zero attached hydrogens (tertiary/aromatic N) is 1. The summed E-state index contributed by atoms with van der Waals surface area (Å²) >= 11 is 12.0. The predicted octanol–water partition coefficient (Wildman–Crippen LogP) is 5.66. The van der Waals surface area contributed by atoms with E-state index in [1.165, 1.54) is 0 Å². The maximum Gasteiger partial charge on any atom is 0.0632 e. The molecule has 0 fully saturated rings. The van der Waals surface area contributed by atoms with Gasteiger partial charge in [-0.3, -0.25) is 0 Å². The highest BCUT2D eigenvalue weighted by Gasteiger charge is 2.10. The van der Waals surface area contributed by atoms with E-state index in [0.29, 0.717) is 0 Å². The van der Waals surface area contributed by atoms with Crippen LogP contribution in [0.4, 0.5) is 11.4 Å². The summed E-state index contributed by atoms with van der Waals surface area (Å²) in [6.45, 7) is 0.746. The van der Waals surface area contributed by atoms with Gasteiger partial charge in [-0.25, -0.2) is 0 Å². The van der Waals surface area contributed by atoms with Gasteiger partial charge >= 0.3 is 0 Å². The number of benzene rings is 2. The van der Waals surface area contributed by atoms with Gasteiger partial charge in [0.2, 0.25) is 0 Å². The predicted molar refractivity (Wildman–Crippen MR) is 89.5 cm³/mol. The number of aromatic amines is 1. The van der Waals surface area contributed by atoms with Gasteiger partial charge in [0.15, 0.2) is 0 Å². The van der Waals surface area contributed by atoms with Gasteiger partial charge in [0.1, 0.15) is 0 Å². The quantitative estimate of drug-likeness (QED) is 0.658. The van der Waals surface area contributed by atoms with Crippen LogP contribution < -0.4 is 4.90 Å². The SMILES string of the molecule is Clc1ccc(N(Cc2ccc[nH]2)c2ccc(Cl)cc2)cc1. The molecule has 0 spiro atoms. The first-order valence-electron chi connectivity index (χ1n) is 6.63. The van der Waals surface area contributed by atoms with Crippen molar-refractivity contribution in [2.75, 3.05) is 4.90 Å². The van der Waals surface area contributed by atoms with Crippen LogP contribution in [0.2, 0.25) is 10.0 Å². The van der Waals surface area contributed by atoms with Gasteiger partial charge in [0.25, 0.3) is 0 Å². The molecule has 21 heavy (non-hydrogen) atoms. The molecule has 0 aliphatic heterocycles. The van der Waals surface area contributed by atoms with Crippen molar-refractivity contribution >= 4 is 34.6 Å². The molecular weight excluding hydrogens is 303 g/mol. The van der Waals surface area contributed by atoms with Crippen LogP contribution in [0.1, 0.15) is 5.69 Å². The zero-order valence-corrected chi connectivity index (χ0v) is 12.8. The van der Waals surface area contributed by atoms with Crippen LogP contribution in [0.15, 0.2) is 66.9 Å². The molecule has 0 aliphatic carbocycles. The summed E-state index contributed by atoms with van der Waals surface area (Å²) < 4.78 is 0. The van der Waals surface area contributed by atoms with Crippen LogP contribution in [0.25, 0.3) is 0 Å². The molecule has 3 aromatic rings. The highest BCUT2D eigenvalue weighted by atomic mass is 35.5. The Morgan fingerprint density at radius 3 is 1.71 bits per heavy atom. The molecular formula is C17H14Cl2N2. The van der Waals surface area contributed by atoms with Gasteiger partial charge < -0.3 is 9.88 Å². The largest absolute Gasteiger partial charge is 0.364 e. The minimum absolute atomic E-state index is 0.731. The fourth-order valence-electron chi connectivity index (χ4n) is 2.21. The average Bonchev–Trinajstić information content (AvgIpc) is 3.00. The van der Waals surface area contributed by atoms with Gasteiger partial charge in [0.05, 0.1) is 6.54 Å². The lowest BCUT2D eigenvalue weighted by molar-refractivity contribution is 0.940. The van der Waals surface area contributed by atoms with E-state index in [4.69, 9.17) is 23.2 Å². The molecule has 3 rings (SSSR count). The second-order valence-electron chi connectivity index (χ2n) is 4.73. The van der Waals surface area contributed by atoms with Crippen molar-refractivity contribution in [2.45, 2.75) is 6.54 Å². The Labute approximate surface area is 133 Å². The number of nitrogens with one attached hydrogen (secondary N) is 1. The van der Waals surface area contributed by atoms with Crippen molar-refractivity contribution in [1.82, 2.24) is 4.98 Å². The first kappa shape index (κ1) is 14.1. The van der Waals surface area contributed by atoms with Gasteiger partial charge in [0, 0.05) is 33.3 Å². The molecule has 1 heterocycles. The van der Waals surface area contributed by atoms with Gasteiger partial charge in [-0.15, -0.1) is 0 Å². The van der Waals surface area contributed by atoms with E-state index in [0.717, 1.165) is 33.7 Å². The van der Waals surface area contributed by atoms with E-state index in [-0.39, 0.29) is 0 Å². The van der Waals surface area contributed by atoms with Crippen molar-refractivity contribution in [3.63, 3.8) is 0 Å². The van der Waals surface area contributed by atoms with Crippen molar-refractivity contribution < 1.29 is 0 Å². The van der Waals surface area contributed by atoms with Crippen molar-refractivity contribution in [1.29, 1.82) is 0 Å². The molecule has 0 saturated carbocycles. The molecule has 2 nitrogen and oxygen atoms in total. The van der Waals surface area contributed by atoms with Gasteiger partial charge in [-0.2, -0.15) is 0 Å². The normalized spacial score (nSPS) is 10.6. The zero-order chi connectivity index (χ0) is 14.7. The first-order chi connectivity index (χ1) is 10.2. The van der Waals surface area contributed by atoms with Crippen LogP contribution >= 0.6 is 23.2 Å². The summed E-state index contributed by atoms with van der Waals surface area (Å²) in [5.74, 6) is 0. The Morgan fingerprint density at radius 2 is 1.29 bits per heavy atom. The molecule has 0 unspecified atom stereocenters. The van der Waals surface area contributed by atoms with Crippen molar-refractivity contribution in [3.8, 4) is 0 Å². The first-order valence-corrected chi connectivity index (χ1v) is 7.39. The number of anilines is 2. The summed E-state index contributed by atoms with van der Waals surface area (Å²) in [4.78, 5) is 5.44. The number of halogens is 2. The molecule has 106 valence electrons. The number of hydrogen-bond acceptors (Lipinski definition) is 1. The lowest BCUT2D eigenvalue weighted by Crippen LogP contribution is -2.16. The second kappa shape index (κ2) is 6.25. The lowest BCUT2D eigenvalue weighted by atomic mass is 10.2. The van der Waals surface area contributed by atoms with E-state index < -0.39 is 0 Å². The third-order valence-electron chi connectivity index (χ3n) is 3.27. The lowest BCUT2D eigenvalue weighted by Gasteiger charge is -2.24. The van der Waals surface area contributed by atoms with Crippen LogP contribution in [0, 0.1) is 0 Å². The zero-order valence-electron chi connectivity index (χ0n) is 11.3. The molecule has 1 N–H and O–H groups in total. The Morgan fingerprint density at radius 1 is 0.762 bits per heavy atom. The van der Waals surface area contributed by atoms with E-state index in [1.807, 2.05) is 60.8 Å². The summed E-state index contributed by atoms with van der Waals surface area (Å²) in [5, 5.41) is 1.46. The minimum Gasteiger partial charge on any atom is -0.364 e. The topological polar surface area (TPSA) is 19.0 Å². The molecule has 0 bridgehead atoms. The molecule has 0 radical (unpaired) electrons. The molecule has 4 heteroatoms. The number of rotatable bonds is 4. The number of H-pyrrole nitrogens is 1. The Kier molecular flexibility index (Phi) is 4.18. The van der Waals surface area contributed by atoms with Gasteiger partial charge in [-0.1, -0.05) is 23.2 Å². The highest BCUT2D eigenvalue weighted by Crippen LogP contribution is 2.29. The molecule has 1 aromatic heterocycles. The average molecular weight is 317 g/mol. The fraction of sp³-hybridized carbons (Fsp3) is 0.0588. The van der Waals surface area contributed by atoms with Crippen LogP contribution in [0.5, 0.6) is 0 Å². The maximum atomic E-state index is 5.98. The third-order valence-corrected chi connectivity index (χ3v) is 3.77. The van der Waals surface area contributed by atoms with Crippen molar-refractivity contribution in [2.24, 2.45) is 0 Å². The van der Waals surface area contributed by atoms with Crippen LogP contribution in [0.3, 0.4) is 0 Å². The molecule has 2 aromatic carbocycles. The fourth-order valence-corrected chi connectivity index (χ4v) is 2.46. The van der Waals surface area contributed by atoms with E-state index in [2.05, 4.69) is 16.0 Å². The summed E-state index contributed by atoms with van der Waals surface area (Å²) in [5.41, 5.74) is 3.30. The van der Waals surface area contributed by atoms with E-state index >= 15 is 0 Å². The summed E-state index contributed by atoms with van der Waals surface area (Å²) in [6, 6.07) is 19.7. The molecule has 0 atom stereocenters. The Hall–Kier alpha value is -1.90.